The van der Waals surface area contributed by atoms with Gasteiger partial charge in [0, 0.05) is 23.4 Å². The fraction of sp³-hybridized carbons (Fsp3) is 0.0606. The number of amides is 1. The van der Waals surface area contributed by atoms with Crippen molar-refractivity contribution >= 4 is 33.7 Å². The van der Waals surface area contributed by atoms with Gasteiger partial charge in [-0.2, -0.15) is 5.10 Å². The van der Waals surface area contributed by atoms with E-state index in [2.05, 4.69) is 25.5 Å². The zero-order valence-electron chi connectivity index (χ0n) is 22.9. The number of aromatic amines is 2. The summed E-state index contributed by atoms with van der Waals surface area (Å²) in [6.45, 7) is 0. The highest BCUT2D eigenvalue weighted by molar-refractivity contribution is 5.97. The predicted octanol–water partition coefficient (Wildman–Crippen LogP) is 6.56. The number of nitrogens with one attached hydrogen (secondary N) is 3. The molecule has 0 saturated carbocycles. The molecule has 0 unspecified atom stereocenters. The van der Waals surface area contributed by atoms with Crippen LogP contribution in [0.2, 0.25) is 0 Å². The molecule has 0 fully saturated rings. The minimum absolute atomic E-state index is 0.133. The van der Waals surface area contributed by atoms with Gasteiger partial charge in [-0.15, -0.1) is 0 Å². The molecular weight excluding hydrogens is 545 g/mol. The van der Waals surface area contributed by atoms with Crippen molar-refractivity contribution in [2.45, 2.75) is 6.42 Å². The zero-order chi connectivity index (χ0) is 29.3. The van der Waals surface area contributed by atoms with Crippen molar-refractivity contribution in [1.29, 1.82) is 0 Å². The van der Waals surface area contributed by atoms with Crippen LogP contribution in [0.15, 0.2) is 97.3 Å². The number of methoxy groups -OCH3 is 1. The van der Waals surface area contributed by atoms with E-state index in [1.165, 1.54) is 19.2 Å². The molecule has 7 rings (SSSR count). The van der Waals surface area contributed by atoms with Gasteiger partial charge in [-0.05, 0) is 47.5 Å². The molecule has 4 heterocycles. The molecule has 0 atom stereocenters. The Balaban J connectivity index is 1.22. The Morgan fingerprint density at radius 3 is 2.63 bits per heavy atom. The minimum Gasteiger partial charge on any atom is -0.497 e. The van der Waals surface area contributed by atoms with Gasteiger partial charge in [-0.1, -0.05) is 42.5 Å². The Hall–Kier alpha value is -5.90. The van der Waals surface area contributed by atoms with E-state index < -0.39 is 5.82 Å². The standard InChI is InChI=1S/C33H24FN7O2/c1-43-24-15-20(13-22(34)16-24)25-8-5-9-27-30(25)39-33(38-27)32-31-28(40-41-32)11-10-26(37-31)21-14-23(18-35-17-21)36-29(42)12-19-6-3-2-4-7-19/h2-11,13-18H,12H2,1H3,(H,36,42)(H,38,39)(H,40,41). The number of nitrogens with zero attached hydrogens (tertiary/aromatic N) is 4. The van der Waals surface area contributed by atoms with Gasteiger partial charge in [0.1, 0.15) is 17.1 Å². The fourth-order valence-electron chi connectivity index (χ4n) is 5.07. The summed E-state index contributed by atoms with van der Waals surface area (Å²) in [5.74, 6) is 0.409. The first kappa shape index (κ1) is 26.0. The molecule has 0 radical (unpaired) electrons. The molecule has 43 heavy (non-hydrogen) atoms. The molecule has 7 aromatic rings. The van der Waals surface area contributed by atoms with Crippen molar-refractivity contribution < 1.29 is 13.9 Å². The Morgan fingerprint density at radius 1 is 0.884 bits per heavy atom. The van der Waals surface area contributed by atoms with E-state index >= 15 is 0 Å². The van der Waals surface area contributed by atoms with Crippen molar-refractivity contribution in [3.8, 4) is 39.7 Å². The van der Waals surface area contributed by atoms with Crippen molar-refractivity contribution in [3.63, 3.8) is 0 Å². The van der Waals surface area contributed by atoms with Gasteiger partial charge in [0.25, 0.3) is 0 Å². The van der Waals surface area contributed by atoms with Crippen molar-refractivity contribution in [2.24, 2.45) is 0 Å². The lowest BCUT2D eigenvalue weighted by molar-refractivity contribution is -0.115. The topological polar surface area (TPSA) is 121 Å². The number of imidazole rings is 1. The highest BCUT2D eigenvalue weighted by Crippen LogP contribution is 2.33. The largest absolute Gasteiger partial charge is 0.497 e. The number of halogens is 1. The van der Waals surface area contributed by atoms with Crippen LogP contribution in [0, 0.1) is 5.82 Å². The number of pyridine rings is 2. The van der Waals surface area contributed by atoms with Crippen molar-refractivity contribution in [2.75, 3.05) is 12.4 Å². The number of rotatable bonds is 7. The molecule has 1 amide bonds. The highest BCUT2D eigenvalue weighted by Gasteiger charge is 2.18. The molecule has 3 aromatic carbocycles. The molecule has 0 aliphatic rings. The summed E-state index contributed by atoms with van der Waals surface area (Å²) in [6, 6.07) is 25.4. The molecule has 0 bridgehead atoms. The lowest BCUT2D eigenvalue weighted by Gasteiger charge is -2.07. The number of carbonyl (C=O) groups excluding carboxylic acids is 1. The maximum absolute atomic E-state index is 14.3. The van der Waals surface area contributed by atoms with E-state index in [4.69, 9.17) is 14.7 Å². The first-order chi connectivity index (χ1) is 21.0. The minimum atomic E-state index is -0.397. The van der Waals surface area contributed by atoms with Crippen LogP contribution in [0.25, 0.3) is 56.0 Å². The van der Waals surface area contributed by atoms with Gasteiger partial charge in [0.05, 0.1) is 47.7 Å². The summed E-state index contributed by atoms with van der Waals surface area (Å²) in [7, 11) is 1.50. The molecule has 4 aromatic heterocycles. The van der Waals surface area contributed by atoms with Crippen molar-refractivity contribution in [3.05, 3.63) is 109 Å². The van der Waals surface area contributed by atoms with Crippen LogP contribution in [0.5, 0.6) is 5.75 Å². The molecule has 0 spiro atoms. The summed E-state index contributed by atoms with van der Waals surface area (Å²) >= 11 is 0. The normalized spacial score (nSPS) is 11.2. The molecule has 9 nitrogen and oxygen atoms in total. The van der Waals surface area contributed by atoms with E-state index in [0.29, 0.717) is 45.2 Å². The van der Waals surface area contributed by atoms with E-state index in [0.717, 1.165) is 27.7 Å². The van der Waals surface area contributed by atoms with Crippen LogP contribution in [-0.2, 0) is 11.2 Å². The maximum atomic E-state index is 14.3. The first-order valence-corrected chi connectivity index (χ1v) is 13.5. The van der Waals surface area contributed by atoms with Crippen LogP contribution in [-0.4, -0.2) is 43.2 Å². The summed E-state index contributed by atoms with van der Waals surface area (Å²) in [5, 5.41) is 10.5. The van der Waals surface area contributed by atoms with Crippen LogP contribution in [0.4, 0.5) is 10.1 Å². The third kappa shape index (κ3) is 5.17. The highest BCUT2D eigenvalue weighted by atomic mass is 19.1. The predicted molar refractivity (Wildman–Crippen MR) is 163 cm³/mol. The smallest absolute Gasteiger partial charge is 0.228 e. The van der Waals surface area contributed by atoms with Crippen LogP contribution < -0.4 is 10.1 Å². The molecule has 10 heteroatoms. The number of benzene rings is 3. The molecular formula is C33H24FN7O2. The Kier molecular flexibility index (Phi) is 6.55. The van der Waals surface area contributed by atoms with E-state index in [1.807, 2.05) is 66.7 Å². The lowest BCUT2D eigenvalue weighted by atomic mass is 10.0. The Morgan fingerprint density at radius 2 is 1.77 bits per heavy atom. The van der Waals surface area contributed by atoms with Crippen LogP contribution in [0.3, 0.4) is 0 Å². The number of hydrogen-bond acceptors (Lipinski definition) is 6. The second-order valence-corrected chi connectivity index (χ2v) is 10.0. The number of carbonyl (C=O) groups is 1. The Bertz CT molecular complexity index is 2120. The second kappa shape index (κ2) is 10.8. The molecule has 0 saturated heterocycles. The van der Waals surface area contributed by atoms with E-state index in [1.54, 1.807) is 18.5 Å². The van der Waals surface area contributed by atoms with Crippen LogP contribution >= 0.6 is 0 Å². The number of hydrogen-bond donors (Lipinski definition) is 3. The summed E-state index contributed by atoms with van der Waals surface area (Å²) in [5.41, 5.74) is 7.62. The fourth-order valence-corrected chi connectivity index (χ4v) is 5.07. The number of aromatic nitrogens is 6. The zero-order valence-corrected chi connectivity index (χ0v) is 22.9. The van der Waals surface area contributed by atoms with Gasteiger partial charge in [-0.3, -0.25) is 14.9 Å². The number of anilines is 1. The lowest BCUT2D eigenvalue weighted by Crippen LogP contribution is -2.14. The maximum Gasteiger partial charge on any atom is 0.228 e. The number of ether oxygens (including phenoxy) is 1. The molecule has 0 aliphatic heterocycles. The van der Waals surface area contributed by atoms with Gasteiger partial charge < -0.3 is 15.0 Å². The second-order valence-electron chi connectivity index (χ2n) is 10.0. The summed E-state index contributed by atoms with van der Waals surface area (Å²) in [4.78, 5) is 30.0. The SMILES string of the molecule is COc1cc(F)cc(-c2cccc3[nH]c(-c4n[nH]c5ccc(-c6cncc(NC(=O)Cc7ccccc7)c6)nc45)nc23)c1. The van der Waals surface area contributed by atoms with Gasteiger partial charge in [0.15, 0.2) is 11.5 Å². The average Bonchev–Trinajstić information content (AvgIpc) is 3.65. The summed E-state index contributed by atoms with van der Waals surface area (Å²) in [6.07, 6.45) is 3.56. The third-order valence-corrected chi connectivity index (χ3v) is 7.09. The van der Waals surface area contributed by atoms with E-state index in [-0.39, 0.29) is 12.3 Å². The third-order valence-electron chi connectivity index (χ3n) is 7.09. The van der Waals surface area contributed by atoms with Crippen molar-refractivity contribution in [1.82, 2.24) is 30.1 Å². The average molecular weight is 570 g/mol. The van der Waals surface area contributed by atoms with Crippen LogP contribution in [0.1, 0.15) is 5.56 Å². The van der Waals surface area contributed by atoms with Gasteiger partial charge in [0.2, 0.25) is 5.91 Å². The van der Waals surface area contributed by atoms with E-state index in [9.17, 15) is 9.18 Å². The molecule has 3 N–H and O–H groups in total. The quantitative estimate of drug-likeness (QED) is 0.200. The number of fused-ring (bicyclic) bond motifs is 2. The summed E-state index contributed by atoms with van der Waals surface area (Å²) < 4.78 is 19.6. The van der Waals surface area contributed by atoms with Gasteiger partial charge in [-0.25, -0.2) is 14.4 Å². The Labute approximate surface area is 244 Å². The first-order valence-electron chi connectivity index (χ1n) is 13.5. The number of para-hydroxylation sites is 1. The monoisotopic (exact) mass is 569 g/mol. The number of H-pyrrole nitrogens is 2. The molecule has 210 valence electrons. The molecule has 0 aliphatic carbocycles. The van der Waals surface area contributed by atoms with Gasteiger partial charge >= 0.3 is 0 Å².